The van der Waals surface area contributed by atoms with Crippen LogP contribution in [0, 0.1) is 19.7 Å². The molecular weight excluding hydrogens is 271 g/mol. The number of hydrazone groups is 1. The SMILES string of the molecule is C/C(=N\NC(=O)Cn1nc(C)cc1C)c1ccc(F)cc1. The van der Waals surface area contributed by atoms with Crippen LogP contribution in [0.25, 0.3) is 0 Å². The lowest BCUT2D eigenvalue weighted by Crippen LogP contribution is -2.25. The molecule has 110 valence electrons. The van der Waals surface area contributed by atoms with Gasteiger partial charge in [-0.3, -0.25) is 9.48 Å². The molecule has 0 aliphatic rings. The molecule has 0 spiro atoms. The Hall–Kier alpha value is -2.50. The van der Waals surface area contributed by atoms with Crippen molar-refractivity contribution in [3.63, 3.8) is 0 Å². The number of amides is 1. The number of nitrogens with zero attached hydrogens (tertiary/aromatic N) is 3. The van der Waals surface area contributed by atoms with Crippen molar-refractivity contribution in [3.05, 3.63) is 53.1 Å². The molecule has 0 radical (unpaired) electrons. The molecule has 2 aromatic rings. The highest BCUT2D eigenvalue weighted by Crippen LogP contribution is 2.04. The monoisotopic (exact) mass is 288 g/mol. The van der Waals surface area contributed by atoms with Crippen molar-refractivity contribution in [3.8, 4) is 0 Å². The van der Waals surface area contributed by atoms with Crippen LogP contribution in [0.5, 0.6) is 0 Å². The third kappa shape index (κ3) is 3.98. The maximum absolute atomic E-state index is 12.8. The lowest BCUT2D eigenvalue weighted by molar-refractivity contribution is -0.121. The topological polar surface area (TPSA) is 59.3 Å². The van der Waals surface area contributed by atoms with E-state index in [9.17, 15) is 9.18 Å². The summed E-state index contributed by atoms with van der Waals surface area (Å²) in [5, 5.41) is 8.22. The molecule has 0 fully saturated rings. The van der Waals surface area contributed by atoms with Gasteiger partial charge >= 0.3 is 0 Å². The first-order valence-corrected chi connectivity index (χ1v) is 6.56. The van der Waals surface area contributed by atoms with Crippen LogP contribution in [0.2, 0.25) is 0 Å². The van der Waals surface area contributed by atoms with Gasteiger partial charge < -0.3 is 0 Å². The number of aryl methyl sites for hydroxylation is 2. The number of carbonyl (C=O) groups is 1. The van der Waals surface area contributed by atoms with E-state index in [2.05, 4.69) is 15.6 Å². The first kappa shape index (κ1) is 14.9. The van der Waals surface area contributed by atoms with Gasteiger partial charge in [0.15, 0.2) is 0 Å². The number of nitrogens with one attached hydrogen (secondary N) is 1. The van der Waals surface area contributed by atoms with E-state index in [1.807, 2.05) is 19.9 Å². The second kappa shape index (κ2) is 6.30. The van der Waals surface area contributed by atoms with E-state index in [0.29, 0.717) is 5.71 Å². The van der Waals surface area contributed by atoms with Crippen LogP contribution in [0.1, 0.15) is 23.9 Å². The molecule has 5 nitrogen and oxygen atoms in total. The summed E-state index contributed by atoms with van der Waals surface area (Å²) in [4.78, 5) is 11.8. The summed E-state index contributed by atoms with van der Waals surface area (Å²) in [5.74, 6) is -0.567. The van der Waals surface area contributed by atoms with Crippen LogP contribution in [-0.4, -0.2) is 21.4 Å². The van der Waals surface area contributed by atoms with Crippen molar-refractivity contribution < 1.29 is 9.18 Å². The van der Waals surface area contributed by atoms with Crippen LogP contribution in [0.4, 0.5) is 4.39 Å². The van der Waals surface area contributed by atoms with E-state index in [-0.39, 0.29) is 18.3 Å². The summed E-state index contributed by atoms with van der Waals surface area (Å²) in [6, 6.07) is 7.83. The lowest BCUT2D eigenvalue weighted by Gasteiger charge is -2.04. The molecule has 6 heteroatoms. The highest BCUT2D eigenvalue weighted by Gasteiger charge is 2.06. The Kier molecular flexibility index (Phi) is 4.47. The van der Waals surface area contributed by atoms with Crippen molar-refractivity contribution in [2.24, 2.45) is 5.10 Å². The molecule has 1 heterocycles. The Labute approximate surface area is 122 Å². The maximum Gasteiger partial charge on any atom is 0.261 e. The number of rotatable bonds is 4. The third-order valence-corrected chi connectivity index (χ3v) is 3.01. The highest BCUT2D eigenvalue weighted by atomic mass is 19.1. The van der Waals surface area contributed by atoms with E-state index in [0.717, 1.165) is 17.0 Å². The van der Waals surface area contributed by atoms with Gasteiger partial charge in [-0.2, -0.15) is 10.2 Å². The fourth-order valence-electron chi connectivity index (χ4n) is 1.91. The van der Waals surface area contributed by atoms with Crippen LogP contribution >= 0.6 is 0 Å². The van der Waals surface area contributed by atoms with Crippen molar-refractivity contribution >= 4 is 11.6 Å². The first-order chi connectivity index (χ1) is 9.95. The number of halogens is 1. The summed E-state index contributed by atoms with van der Waals surface area (Å²) in [5.41, 5.74) is 5.62. The minimum Gasteiger partial charge on any atom is -0.271 e. The largest absolute Gasteiger partial charge is 0.271 e. The van der Waals surface area contributed by atoms with Gasteiger partial charge in [0.2, 0.25) is 0 Å². The fourth-order valence-corrected chi connectivity index (χ4v) is 1.91. The zero-order chi connectivity index (χ0) is 15.4. The van der Waals surface area contributed by atoms with Gasteiger partial charge in [-0.05, 0) is 44.5 Å². The molecule has 21 heavy (non-hydrogen) atoms. The smallest absolute Gasteiger partial charge is 0.261 e. The quantitative estimate of drug-likeness (QED) is 0.692. The third-order valence-electron chi connectivity index (χ3n) is 3.01. The normalized spacial score (nSPS) is 11.5. The van der Waals surface area contributed by atoms with Gasteiger partial charge in [0.25, 0.3) is 5.91 Å². The minimum atomic E-state index is -0.305. The van der Waals surface area contributed by atoms with E-state index in [4.69, 9.17) is 0 Å². The molecule has 0 saturated carbocycles. The standard InChI is InChI=1S/C15H17FN4O/c1-10-8-11(2)20(19-10)9-15(21)18-17-12(3)13-4-6-14(16)7-5-13/h4-8H,9H2,1-3H3,(H,18,21)/b17-12+. The summed E-state index contributed by atoms with van der Waals surface area (Å²) in [7, 11) is 0. The number of benzene rings is 1. The number of hydrogen-bond acceptors (Lipinski definition) is 3. The molecule has 0 bridgehead atoms. The molecule has 1 N–H and O–H groups in total. The molecule has 1 aromatic heterocycles. The van der Waals surface area contributed by atoms with E-state index >= 15 is 0 Å². The predicted octanol–water partition coefficient (Wildman–Crippen LogP) is 2.18. The Bertz CT molecular complexity index is 673. The Morgan fingerprint density at radius 2 is 2.00 bits per heavy atom. The molecule has 0 aliphatic carbocycles. The zero-order valence-electron chi connectivity index (χ0n) is 12.2. The molecule has 0 aliphatic heterocycles. The second-order valence-electron chi connectivity index (χ2n) is 4.82. The van der Waals surface area contributed by atoms with E-state index in [1.165, 1.54) is 12.1 Å². The van der Waals surface area contributed by atoms with Gasteiger partial charge in [-0.15, -0.1) is 0 Å². The summed E-state index contributed by atoms with van der Waals surface area (Å²) in [6.07, 6.45) is 0. The Morgan fingerprint density at radius 1 is 1.33 bits per heavy atom. The van der Waals surface area contributed by atoms with Gasteiger partial charge in [-0.1, -0.05) is 12.1 Å². The summed E-state index contributed by atoms with van der Waals surface area (Å²) in [6.45, 7) is 5.62. The average Bonchev–Trinajstić information content (AvgIpc) is 2.75. The van der Waals surface area contributed by atoms with Gasteiger partial charge in [0.1, 0.15) is 12.4 Å². The molecular formula is C15H17FN4O. The number of carbonyl (C=O) groups excluding carboxylic acids is 1. The van der Waals surface area contributed by atoms with E-state index in [1.54, 1.807) is 23.7 Å². The fraction of sp³-hybridized carbons (Fsp3) is 0.267. The van der Waals surface area contributed by atoms with Crippen molar-refractivity contribution in [2.75, 3.05) is 0 Å². The average molecular weight is 288 g/mol. The lowest BCUT2D eigenvalue weighted by atomic mass is 10.1. The van der Waals surface area contributed by atoms with Gasteiger partial charge in [0, 0.05) is 5.69 Å². The van der Waals surface area contributed by atoms with E-state index < -0.39 is 0 Å². The van der Waals surface area contributed by atoms with Crippen LogP contribution in [0.15, 0.2) is 35.4 Å². The molecule has 0 saturated heterocycles. The van der Waals surface area contributed by atoms with Crippen molar-refractivity contribution in [1.82, 2.24) is 15.2 Å². The van der Waals surface area contributed by atoms with Gasteiger partial charge in [-0.25, -0.2) is 9.82 Å². The Morgan fingerprint density at radius 3 is 2.57 bits per heavy atom. The molecule has 0 atom stereocenters. The molecule has 1 aromatic carbocycles. The van der Waals surface area contributed by atoms with Gasteiger partial charge in [0.05, 0.1) is 11.4 Å². The minimum absolute atomic E-state index is 0.111. The summed E-state index contributed by atoms with van der Waals surface area (Å²) >= 11 is 0. The Balaban J connectivity index is 1.98. The highest BCUT2D eigenvalue weighted by molar-refractivity contribution is 5.99. The van der Waals surface area contributed by atoms with Crippen molar-refractivity contribution in [1.29, 1.82) is 0 Å². The van der Waals surface area contributed by atoms with Crippen molar-refractivity contribution in [2.45, 2.75) is 27.3 Å². The van der Waals surface area contributed by atoms with Crippen LogP contribution < -0.4 is 5.43 Å². The predicted molar refractivity (Wildman–Crippen MR) is 78.5 cm³/mol. The maximum atomic E-state index is 12.8. The molecule has 0 unspecified atom stereocenters. The van der Waals surface area contributed by atoms with Crippen LogP contribution in [0.3, 0.4) is 0 Å². The number of aromatic nitrogens is 2. The number of hydrogen-bond donors (Lipinski definition) is 1. The molecule has 2 rings (SSSR count). The summed E-state index contributed by atoms with van der Waals surface area (Å²) < 4.78 is 14.4. The second-order valence-corrected chi connectivity index (χ2v) is 4.82. The van der Waals surface area contributed by atoms with Crippen LogP contribution in [-0.2, 0) is 11.3 Å². The first-order valence-electron chi connectivity index (χ1n) is 6.56. The molecule has 1 amide bonds. The zero-order valence-corrected chi connectivity index (χ0v) is 12.2.